The maximum absolute atomic E-state index is 15.6. The second-order valence-corrected chi connectivity index (χ2v) is 10.1. The molecule has 1 aromatic carbocycles. The van der Waals surface area contributed by atoms with Crippen molar-refractivity contribution in [2.75, 3.05) is 38.7 Å². The van der Waals surface area contributed by atoms with Gasteiger partial charge in [0.15, 0.2) is 5.82 Å². The molecule has 6 rings (SSSR count). The van der Waals surface area contributed by atoms with Crippen LogP contribution < -0.4 is 10.1 Å². The number of alkyl halides is 4. The number of hydrogen-bond donors (Lipinski definition) is 1. The molecule has 39 heavy (non-hydrogen) atoms. The zero-order valence-corrected chi connectivity index (χ0v) is 21.0. The van der Waals surface area contributed by atoms with Crippen LogP contribution in [0.1, 0.15) is 13.3 Å². The quantitative estimate of drug-likeness (QED) is 0.364. The highest BCUT2D eigenvalue weighted by molar-refractivity contribution is 5.89. The van der Waals surface area contributed by atoms with Gasteiger partial charge in [0.1, 0.15) is 23.2 Å². The van der Waals surface area contributed by atoms with Crippen LogP contribution in [0, 0.1) is 5.82 Å². The van der Waals surface area contributed by atoms with Gasteiger partial charge in [0.25, 0.3) is 0 Å². The summed E-state index contributed by atoms with van der Waals surface area (Å²) in [6.07, 6.45) is -2.90. The molecule has 1 N–H and O–H groups in total. The van der Waals surface area contributed by atoms with E-state index < -0.39 is 30.2 Å². The molecule has 0 aliphatic carbocycles. The van der Waals surface area contributed by atoms with E-state index in [0.717, 1.165) is 6.20 Å². The first-order valence-electron chi connectivity index (χ1n) is 12.3. The van der Waals surface area contributed by atoms with Crippen molar-refractivity contribution in [2.45, 2.75) is 43.8 Å². The fourth-order valence-corrected chi connectivity index (χ4v) is 5.21. The number of ether oxygens (including phenoxy) is 2. The van der Waals surface area contributed by atoms with Gasteiger partial charge in [-0.15, -0.1) is 10.2 Å². The number of nitrogens with zero attached hydrogens (tertiary/aromatic N) is 7. The molecule has 0 bridgehead atoms. The smallest absolute Gasteiger partial charge is 0.408 e. The molecule has 10 nitrogen and oxygen atoms in total. The Morgan fingerprint density at radius 3 is 2.72 bits per heavy atom. The minimum absolute atomic E-state index is 0.0121. The largest absolute Gasteiger partial charge is 0.479 e. The maximum atomic E-state index is 15.6. The number of rotatable bonds is 6. The number of piperidine rings is 1. The average molecular weight is 553 g/mol. The van der Waals surface area contributed by atoms with Gasteiger partial charge < -0.3 is 14.8 Å². The lowest BCUT2D eigenvalue weighted by Crippen LogP contribution is -2.61. The van der Waals surface area contributed by atoms with Crippen LogP contribution in [0.15, 0.2) is 24.4 Å². The van der Waals surface area contributed by atoms with Gasteiger partial charge in [-0.05, 0) is 31.0 Å². The van der Waals surface area contributed by atoms with Crippen molar-refractivity contribution in [3.63, 3.8) is 0 Å². The molecule has 4 aromatic rings. The SMILES string of the molecule is COc1nc(N[C@@H]2CCN(C3COC3)CC2(C)F)nn2cc(F)c(-c3ccc4nnn(CC(F)(F)F)c4c3)c12. The number of likely N-dealkylation sites (tertiary alicyclic amines) is 1. The Morgan fingerprint density at radius 1 is 1.26 bits per heavy atom. The topological polar surface area (TPSA) is 94.6 Å². The van der Waals surface area contributed by atoms with E-state index in [-0.39, 0.29) is 52.1 Å². The van der Waals surface area contributed by atoms with E-state index in [2.05, 4.69) is 30.6 Å². The van der Waals surface area contributed by atoms with Gasteiger partial charge in [0.2, 0.25) is 11.8 Å². The van der Waals surface area contributed by atoms with Crippen LogP contribution in [0.3, 0.4) is 0 Å². The van der Waals surface area contributed by atoms with Crippen molar-refractivity contribution in [3.05, 3.63) is 30.2 Å². The highest BCUT2D eigenvalue weighted by atomic mass is 19.4. The van der Waals surface area contributed by atoms with E-state index >= 15 is 8.78 Å². The molecule has 15 heteroatoms. The number of aromatic nitrogens is 6. The Hall–Kier alpha value is -3.59. The van der Waals surface area contributed by atoms with E-state index in [9.17, 15) is 13.2 Å². The number of anilines is 1. The summed E-state index contributed by atoms with van der Waals surface area (Å²) < 4.78 is 82.6. The van der Waals surface area contributed by atoms with E-state index in [1.54, 1.807) is 0 Å². The summed E-state index contributed by atoms with van der Waals surface area (Å²) in [6, 6.07) is 3.98. The summed E-state index contributed by atoms with van der Waals surface area (Å²) in [7, 11) is 1.35. The van der Waals surface area contributed by atoms with Crippen molar-refractivity contribution in [2.24, 2.45) is 0 Å². The standard InChI is InChI=1S/C24H25F5N8O2/c1-23(26)11-35(14-9-39-10-14)6-5-18(23)30-22-31-21(38-2)20-19(15(25)8-36(20)33-22)13-3-4-16-17(7-13)37(34-32-16)12-24(27,28)29/h3-4,7-8,14,18H,5-6,9-12H2,1-2H3,(H,30,33)/t18-,23?/m1/s1. The van der Waals surface area contributed by atoms with Crippen LogP contribution in [-0.2, 0) is 11.3 Å². The number of methoxy groups -OCH3 is 1. The summed E-state index contributed by atoms with van der Waals surface area (Å²) in [6.45, 7) is 2.28. The molecular weight excluding hydrogens is 527 g/mol. The van der Waals surface area contributed by atoms with Crippen LogP contribution in [0.25, 0.3) is 27.7 Å². The zero-order chi connectivity index (χ0) is 27.5. The molecule has 0 amide bonds. The molecule has 3 aromatic heterocycles. The maximum Gasteiger partial charge on any atom is 0.408 e. The summed E-state index contributed by atoms with van der Waals surface area (Å²) in [5.41, 5.74) is -0.811. The van der Waals surface area contributed by atoms with Gasteiger partial charge in [0.05, 0.1) is 49.7 Å². The third-order valence-electron chi connectivity index (χ3n) is 7.26. The average Bonchev–Trinajstić information content (AvgIpc) is 3.37. The van der Waals surface area contributed by atoms with Gasteiger partial charge in [-0.3, -0.25) is 4.90 Å². The van der Waals surface area contributed by atoms with Gasteiger partial charge in [-0.1, -0.05) is 11.3 Å². The number of hydrogen-bond acceptors (Lipinski definition) is 8. The van der Waals surface area contributed by atoms with E-state index in [4.69, 9.17) is 9.47 Å². The summed E-state index contributed by atoms with van der Waals surface area (Å²) in [5, 5.41) is 14.7. The molecule has 0 spiro atoms. The highest BCUT2D eigenvalue weighted by Crippen LogP contribution is 2.36. The molecule has 2 aliphatic rings. The predicted molar refractivity (Wildman–Crippen MR) is 130 cm³/mol. The lowest BCUT2D eigenvalue weighted by Gasteiger charge is -2.46. The Labute approximate surface area is 218 Å². The van der Waals surface area contributed by atoms with E-state index in [1.807, 2.05) is 0 Å². The number of benzene rings is 1. The third-order valence-corrected chi connectivity index (χ3v) is 7.26. The second-order valence-electron chi connectivity index (χ2n) is 10.1. The van der Waals surface area contributed by atoms with Crippen molar-refractivity contribution in [3.8, 4) is 17.0 Å². The molecule has 208 valence electrons. The van der Waals surface area contributed by atoms with Gasteiger partial charge in [-0.2, -0.15) is 18.2 Å². The third kappa shape index (κ3) is 4.73. The summed E-state index contributed by atoms with van der Waals surface area (Å²) in [4.78, 5) is 6.44. The molecule has 2 saturated heterocycles. The summed E-state index contributed by atoms with van der Waals surface area (Å²) in [5.74, 6) is -0.628. The molecular formula is C24H25F5N8O2. The van der Waals surface area contributed by atoms with Gasteiger partial charge in [-0.25, -0.2) is 18.0 Å². The molecule has 2 atom stereocenters. The Kier molecular flexibility index (Phi) is 6.10. The monoisotopic (exact) mass is 552 g/mol. The number of halogens is 5. The van der Waals surface area contributed by atoms with Crippen LogP contribution in [0.2, 0.25) is 0 Å². The Bertz CT molecular complexity index is 1530. The fourth-order valence-electron chi connectivity index (χ4n) is 5.21. The van der Waals surface area contributed by atoms with Crippen molar-refractivity contribution >= 4 is 22.5 Å². The minimum atomic E-state index is -4.51. The predicted octanol–water partition coefficient (Wildman–Crippen LogP) is 3.46. The summed E-state index contributed by atoms with van der Waals surface area (Å²) >= 11 is 0. The van der Waals surface area contributed by atoms with Crippen LogP contribution >= 0.6 is 0 Å². The minimum Gasteiger partial charge on any atom is -0.479 e. The molecule has 0 saturated carbocycles. The van der Waals surface area contributed by atoms with Crippen molar-refractivity contribution in [1.82, 2.24) is 34.5 Å². The first-order valence-corrected chi connectivity index (χ1v) is 12.3. The number of fused-ring (bicyclic) bond motifs is 2. The van der Waals surface area contributed by atoms with E-state index in [1.165, 1.54) is 36.7 Å². The lowest BCUT2D eigenvalue weighted by molar-refractivity contribution is -0.142. The molecule has 2 aliphatic heterocycles. The Balaban J connectivity index is 1.33. The normalized spacial score (nSPS) is 22.9. The van der Waals surface area contributed by atoms with Crippen LogP contribution in [0.4, 0.5) is 27.9 Å². The molecule has 0 radical (unpaired) electrons. The molecule has 2 fully saturated rings. The Morgan fingerprint density at radius 2 is 2.05 bits per heavy atom. The van der Waals surface area contributed by atoms with Crippen LogP contribution in [-0.4, -0.2) is 91.8 Å². The van der Waals surface area contributed by atoms with Crippen LogP contribution in [0.5, 0.6) is 5.88 Å². The van der Waals surface area contributed by atoms with Crippen molar-refractivity contribution < 1.29 is 31.4 Å². The van der Waals surface area contributed by atoms with Crippen molar-refractivity contribution in [1.29, 1.82) is 0 Å². The second kappa shape index (κ2) is 9.26. The number of nitrogens with one attached hydrogen (secondary N) is 1. The fraction of sp³-hybridized carbons (Fsp3) is 0.500. The zero-order valence-electron chi connectivity index (χ0n) is 21.0. The lowest BCUT2D eigenvalue weighted by atomic mass is 9.89. The highest BCUT2D eigenvalue weighted by Gasteiger charge is 2.43. The molecule has 5 heterocycles. The first-order chi connectivity index (χ1) is 18.5. The van der Waals surface area contributed by atoms with Gasteiger partial charge in [0, 0.05) is 13.1 Å². The first kappa shape index (κ1) is 25.7. The van der Waals surface area contributed by atoms with E-state index in [0.29, 0.717) is 30.9 Å². The van der Waals surface area contributed by atoms with Gasteiger partial charge >= 0.3 is 6.18 Å². The molecule has 1 unspecified atom stereocenters.